The maximum Gasteiger partial charge on any atom is 0.408 e. The van der Waals surface area contributed by atoms with Crippen molar-refractivity contribution in [2.45, 2.75) is 77.6 Å². The summed E-state index contributed by atoms with van der Waals surface area (Å²) in [4.78, 5) is 52.0. The Kier molecular flexibility index (Phi) is 12.0. The smallest absolute Gasteiger partial charge is 0.408 e. The molecule has 3 N–H and O–H groups in total. The number of alkyl carbamates (subject to hydrolysis) is 1. The summed E-state index contributed by atoms with van der Waals surface area (Å²) in [5, 5.41) is 9.99. The molecule has 43 heavy (non-hydrogen) atoms. The van der Waals surface area contributed by atoms with Crippen molar-refractivity contribution in [2.24, 2.45) is 0 Å². The molecule has 0 aliphatic rings. The molecule has 0 aliphatic carbocycles. The Morgan fingerprint density at radius 1 is 0.860 bits per heavy atom. The van der Waals surface area contributed by atoms with Gasteiger partial charge in [-0.15, -0.1) is 0 Å². The molecule has 0 saturated heterocycles. The molecule has 3 amide bonds. The van der Waals surface area contributed by atoms with E-state index in [0.717, 1.165) is 22.8 Å². The third-order valence-electron chi connectivity index (χ3n) is 6.46. The maximum atomic E-state index is 13.6. The van der Waals surface area contributed by atoms with Crippen molar-refractivity contribution >= 4 is 34.6 Å². The fraction of sp³-hybridized carbons (Fsp3) is 0.394. The van der Waals surface area contributed by atoms with E-state index in [9.17, 15) is 23.6 Å². The highest BCUT2D eigenvalue weighted by Crippen LogP contribution is 2.18. The average Bonchev–Trinajstić information content (AvgIpc) is 2.95. The molecule has 0 saturated carbocycles. The van der Waals surface area contributed by atoms with Gasteiger partial charge in [0, 0.05) is 13.0 Å². The van der Waals surface area contributed by atoms with Crippen molar-refractivity contribution in [2.75, 3.05) is 6.61 Å². The van der Waals surface area contributed by atoms with E-state index >= 15 is 0 Å². The first kappa shape index (κ1) is 33.0. The van der Waals surface area contributed by atoms with Gasteiger partial charge in [-0.1, -0.05) is 67.9 Å². The second kappa shape index (κ2) is 15.7. The number of amides is 3. The number of halogens is 1. The number of unbranched alkanes of at least 4 members (excludes halogenated alkanes) is 1. The quantitative estimate of drug-likeness (QED) is 0.190. The Labute approximate surface area is 251 Å². The summed E-state index contributed by atoms with van der Waals surface area (Å²) >= 11 is 0. The zero-order chi connectivity index (χ0) is 31.4. The molecule has 0 fully saturated rings. The number of carbonyl (C=O) groups is 4. The standard InChI is InChI=1S/C33H40FN3O6/c1-5-6-18-42-29(38)20-28(37-32(41)43-33(2,3)4)31(40)36-27(19-22-14-16-25(34)17-15-22)30(39)35-21-24-12-9-11-23-10-7-8-13-26(23)24/h7-17,27-28H,5-6,18-21H2,1-4H3,(H,35,39)(H,36,40)(H,37,41)/t27-,28-/m0/s1. The van der Waals surface area contributed by atoms with Crippen LogP contribution >= 0.6 is 0 Å². The molecule has 3 aromatic carbocycles. The minimum Gasteiger partial charge on any atom is -0.466 e. The Hall–Kier alpha value is -4.47. The number of ether oxygens (including phenoxy) is 2. The molecule has 0 aromatic heterocycles. The van der Waals surface area contributed by atoms with Crippen LogP contribution < -0.4 is 16.0 Å². The molecule has 3 aromatic rings. The highest BCUT2D eigenvalue weighted by atomic mass is 19.1. The number of hydrogen-bond acceptors (Lipinski definition) is 6. The van der Waals surface area contributed by atoms with E-state index in [2.05, 4.69) is 16.0 Å². The fourth-order valence-corrected chi connectivity index (χ4v) is 4.30. The van der Waals surface area contributed by atoms with Crippen LogP contribution in [0, 0.1) is 5.82 Å². The maximum absolute atomic E-state index is 13.6. The first-order valence-corrected chi connectivity index (χ1v) is 14.4. The summed E-state index contributed by atoms with van der Waals surface area (Å²) in [5.74, 6) is -2.38. The van der Waals surface area contributed by atoms with Crippen molar-refractivity contribution in [3.8, 4) is 0 Å². The van der Waals surface area contributed by atoms with E-state index in [-0.39, 0.29) is 19.6 Å². The number of rotatable bonds is 13. The predicted octanol–water partition coefficient (Wildman–Crippen LogP) is 4.95. The van der Waals surface area contributed by atoms with E-state index in [1.54, 1.807) is 20.8 Å². The minimum atomic E-state index is -1.37. The number of hydrogen-bond donors (Lipinski definition) is 3. The number of esters is 1. The molecule has 10 heteroatoms. The van der Waals surface area contributed by atoms with Crippen LogP contribution in [-0.2, 0) is 36.8 Å². The summed E-state index contributed by atoms with van der Waals surface area (Å²) in [6, 6.07) is 16.7. The van der Waals surface area contributed by atoms with E-state index < -0.39 is 53.8 Å². The van der Waals surface area contributed by atoms with Crippen LogP contribution in [0.3, 0.4) is 0 Å². The summed E-state index contributed by atoms with van der Waals surface area (Å²) in [5.41, 5.74) is 0.638. The molecule has 3 rings (SSSR count). The van der Waals surface area contributed by atoms with Gasteiger partial charge in [-0.2, -0.15) is 0 Å². The third-order valence-corrected chi connectivity index (χ3v) is 6.46. The number of carbonyl (C=O) groups excluding carboxylic acids is 4. The Bertz CT molecular complexity index is 1400. The van der Waals surface area contributed by atoms with Gasteiger partial charge in [0.25, 0.3) is 0 Å². The topological polar surface area (TPSA) is 123 Å². The fourth-order valence-electron chi connectivity index (χ4n) is 4.30. The van der Waals surface area contributed by atoms with Crippen LogP contribution in [0.1, 0.15) is 58.1 Å². The lowest BCUT2D eigenvalue weighted by Gasteiger charge is -2.25. The van der Waals surface area contributed by atoms with Crippen LogP contribution in [0.15, 0.2) is 66.7 Å². The zero-order valence-electron chi connectivity index (χ0n) is 25.1. The largest absolute Gasteiger partial charge is 0.466 e. The van der Waals surface area contributed by atoms with Gasteiger partial charge in [0.05, 0.1) is 13.0 Å². The molecule has 9 nitrogen and oxygen atoms in total. The van der Waals surface area contributed by atoms with Crippen molar-refractivity contribution in [3.63, 3.8) is 0 Å². The number of fused-ring (bicyclic) bond motifs is 1. The van der Waals surface area contributed by atoms with Gasteiger partial charge >= 0.3 is 12.1 Å². The average molecular weight is 594 g/mol. The lowest BCUT2D eigenvalue weighted by Crippen LogP contribution is -2.55. The van der Waals surface area contributed by atoms with Gasteiger partial charge in [0.1, 0.15) is 23.5 Å². The number of benzene rings is 3. The van der Waals surface area contributed by atoms with E-state index in [1.807, 2.05) is 49.4 Å². The molecular formula is C33H40FN3O6. The van der Waals surface area contributed by atoms with Crippen LogP contribution in [0.25, 0.3) is 10.8 Å². The molecule has 2 atom stereocenters. The van der Waals surface area contributed by atoms with Crippen LogP contribution in [0.2, 0.25) is 0 Å². The highest BCUT2D eigenvalue weighted by molar-refractivity contribution is 5.94. The van der Waals surface area contributed by atoms with E-state index in [0.29, 0.717) is 12.0 Å². The van der Waals surface area contributed by atoms with Crippen LogP contribution in [0.4, 0.5) is 9.18 Å². The molecule has 230 valence electrons. The van der Waals surface area contributed by atoms with Gasteiger partial charge < -0.3 is 25.4 Å². The van der Waals surface area contributed by atoms with Gasteiger partial charge in [0.2, 0.25) is 11.8 Å². The lowest BCUT2D eigenvalue weighted by molar-refractivity contribution is -0.146. The molecular weight excluding hydrogens is 553 g/mol. The molecule has 0 heterocycles. The van der Waals surface area contributed by atoms with E-state index in [1.165, 1.54) is 24.3 Å². The van der Waals surface area contributed by atoms with Gasteiger partial charge in [-0.25, -0.2) is 9.18 Å². The first-order chi connectivity index (χ1) is 20.4. The molecule has 0 spiro atoms. The second-order valence-corrected chi connectivity index (χ2v) is 11.2. The summed E-state index contributed by atoms with van der Waals surface area (Å²) in [6.45, 7) is 7.32. The lowest BCUT2D eigenvalue weighted by atomic mass is 10.0. The van der Waals surface area contributed by atoms with Crippen LogP contribution in [-0.4, -0.2) is 48.2 Å². The van der Waals surface area contributed by atoms with Crippen LogP contribution in [0.5, 0.6) is 0 Å². The van der Waals surface area contributed by atoms with Crippen molar-refractivity contribution in [1.82, 2.24) is 16.0 Å². The Morgan fingerprint density at radius 3 is 2.26 bits per heavy atom. The van der Waals surface area contributed by atoms with Crippen molar-refractivity contribution in [1.29, 1.82) is 0 Å². The Morgan fingerprint density at radius 2 is 1.56 bits per heavy atom. The monoisotopic (exact) mass is 593 g/mol. The summed E-state index contributed by atoms with van der Waals surface area (Å²) < 4.78 is 24.0. The van der Waals surface area contributed by atoms with Gasteiger partial charge in [-0.05, 0) is 61.2 Å². The SMILES string of the molecule is CCCCOC(=O)C[C@H](NC(=O)OC(C)(C)C)C(=O)N[C@@H](Cc1ccc(F)cc1)C(=O)NCc1cccc2ccccc12. The molecule has 0 aliphatic heterocycles. The summed E-state index contributed by atoms with van der Waals surface area (Å²) in [6.07, 6.45) is 0.137. The van der Waals surface area contributed by atoms with Crippen molar-refractivity contribution < 1.29 is 33.0 Å². The first-order valence-electron chi connectivity index (χ1n) is 14.4. The second-order valence-electron chi connectivity index (χ2n) is 11.2. The minimum absolute atomic E-state index is 0.0352. The van der Waals surface area contributed by atoms with E-state index in [4.69, 9.17) is 9.47 Å². The molecule has 0 unspecified atom stereocenters. The normalized spacial score (nSPS) is 12.6. The highest BCUT2D eigenvalue weighted by Gasteiger charge is 2.31. The predicted molar refractivity (Wildman–Crippen MR) is 161 cm³/mol. The zero-order valence-corrected chi connectivity index (χ0v) is 25.1. The van der Waals surface area contributed by atoms with Gasteiger partial charge in [-0.3, -0.25) is 14.4 Å². The third kappa shape index (κ3) is 11.0. The van der Waals surface area contributed by atoms with Gasteiger partial charge in [0.15, 0.2) is 0 Å². The Balaban J connectivity index is 1.80. The number of nitrogens with one attached hydrogen (secondary N) is 3. The summed E-state index contributed by atoms with van der Waals surface area (Å²) in [7, 11) is 0. The van der Waals surface area contributed by atoms with Crippen molar-refractivity contribution in [3.05, 3.63) is 83.7 Å². The molecule has 0 bridgehead atoms. The molecule has 0 radical (unpaired) electrons.